The average Bonchev–Trinajstić information content (AvgIpc) is 3.27. The second kappa shape index (κ2) is 11.4. The number of hydrazine groups is 1. The van der Waals surface area contributed by atoms with E-state index in [2.05, 4.69) is 15.8 Å². The van der Waals surface area contributed by atoms with Gasteiger partial charge in [0.1, 0.15) is 5.75 Å². The van der Waals surface area contributed by atoms with Crippen LogP contribution in [-0.4, -0.2) is 34.3 Å². The van der Waals surface area contributed by atoms with E-state index in [1.54, 1.807) is 49.8 Å². The van der Waals surface area contributed by atoms with Gasteiger partial charge < -0.3 is 9.30 Å². The van der Waals surface area contributed by atoms with Crippen molar-refractivity contribution in [3.8, 4) is 11.4 Å². The highest BCUT2D eigenvalue weighted by atomic mass is 16.5. The van der Waals surface area contributed by atoms with E-state index < -0.39 is 5.91 Å². The summed E-state index contributed by atoms with van der Waals surface area (Å²) in [5, 5.41) is 0. The molecule has 0 aliphatic rings. The predicted molar refractivity (Wildman–Crippen MR) is 125 cm³/mol. The molecule has 0 unspecified atom stereocenters. The molecular weight excluding hydrogens is 420 g/mol. The number of ketones is 1. The van der Waals surface area contributed by atoms with Crippen LogP contribution in [0.1, 0.15) is 40.9 Å². The van der Waals surface area contributed by atoms with Crippen molar-refractivity contribution in [2.75, 3.05) is 7.11 Å². The van der Waals surface area contributed by atoms with Crippen molar-refractivity contribution < 1.29 is 19.1 Å². The fourth-order valence-electron chi connectivity index (χ4n) is 3.15. The van der Waals surface area contributed by atoms with Gasteiger partial charge in [-0.05, 0) is 37.1 Å². The topological polar surface area (TPSA) is 102 Å². The Bertz CT molecular complexity index is 1150. The van der Waals surface area contributed by atoms with E-state index in [0.29, 0.717) is 17.7 Å². The number of ether oxygens (including phenoxy) is 1. The lowest BCUT2D eigenvalue weighted by molar-refractivity contribution is -0.126. The first kappa shape index (κ1) is 23.5. The van der Waals surface area contributed by atoms with Gasteiger partial charge in [-0.25, -0.2) is 4.98 Å². The number of amides is 2. The number of benzene rings is 2. The summed E-state index contributed by atoms with van der Waals surface area (Å²) in [5.74, 6) is -0.218. The molecule has 0 bridgehead atoms. The molecule has 2 N–H and O–H groups in total. The molecule has 0 atom stereocenters. The lowest BCUT2D eigenvalue weighted by atomic mass is 10.1. The van der Waals surface area contributed by atoms with Gasteiger partial charge in [-0.1, -0.05) is 36.4 Å². The van der Waals surface area contributed by atoms with E-state index in [0.717, 1.165) is 16.9 Å². The van der Waals surface area contributed by atoms with Gasteiger partial charge in [-0.15, -0.1) is 0 Å². The Morgan fingerprint density at radius 3 is 2.55 bits per heavy atom. The third-order valence-electron chi connectivity index (χ3n) is 4.85. The van der Waals surface area contributed by atoms with Crippen molar-refractivity contribution in [1.82, 2.24) is 20.4 Å². The highest BCUT2D eigenvalue weighted by Gasteiger charge is 2.09. The molecule has 1 aromatic heterocycles. The lowest BCUT2D eigenvalue weighted by Crippen LogP contribution is -2.40. The van der Waals surface area contributed by atoms with Crippen LogP contribution in [0.5, 0.6) is 5.75 Å². The number of carbonyl (C=O) groups is 3. The molecule has 0 spiro atoms. The molecule has 0 saturated heterocycles. The van der Waals surface area contributed by atoms with Gasteiger partial charge >= 0.3 is 0 Å². The number of imidazole rings is 1. The number of nitrogens with one attached hydrogen (secondary N) is 2. The van der Waals surface area contributed by atoms with E-state index in [1.807, 2.05) is 35.9 Å². The minimum absolute atomic E-state index is 0.0139. The minimum atomic E-state index is -0.475. The normalized spacial score (nSPS) is 10.7. The summed E-state index contributed by atoms with van der Waals surface area (Å²) >= 11 is 0. The number of carbonyl (C=O) groups excluding carboxylic acids is 3. The van der Waals surface area contributed by atoms with Crippen molar-refractivity contribution >= 4 is 23.7 Å². The molecule has 33 heavy (non-hydrogen) atoms. The number of nitrogens with zero attached hydrogens (tertiary/aromatic N) is 2. The van der Waals surface area contributed by atoms with Crippen molar-refractivity contribution in [1.29, 1.82) is 0 Å². The number of hydrogen-bond acceptors (Lipinski definition) is 5. The second-order valence-electron chi connectivity index (χ2n) is 7.37. The Labute approximate surface area is 192 Å². The Morgan fingerprint density at radius 1 is 1.06 bits per heavy atom. The third kappa shape index (κ3) is 6.90. The fourth-order valence-corrected chi connectivity index (χ4v) is 3.15. The largest absolute Gasteiger partial charge is 0.495 e. The summed E-state index contributed by atoms with van der Waals surface area (Å²) in [6, 6.07) is 14.5. The van der Waals surface area contributed by atoms with E-state index in [-0.39, 0.29) is 24.5 Å². The second-order valence-corrected chi connectivity index (χ2v) is 7.37. The monoisotopic (exact) mass is 446 g/mol. The van der Waals surface area contributed by atoms with Gasteiger partial charge in [0, 0.05) is 30.7 Å². The Morgan fingerprint density at radius 2 is 1.85 bits per heavy atom. The quantitative estimate of drug-likeness (QED) is 0.298. The number of Topliss-reactive ketones (excluding diaryl/α,β-unsaturated/α-hetero) is 1. The molecule has 3 aromatic rings. The lowest BCUT2D eigenvalue weighted by Gasteiger charge is -2.10. The van der Waals surface area contributed by atoms with Gasteiger partial charge in [0.05, 0.1) is 24.8 Å². The number of hydrogen-bond donors (Lipinski definition) is 2. The molecule has 0 radical (unpaired) electrons. The smallest absolute Gasteiger partial charge is 0.262 e. The first-order chi connectivity index (χ1) is 16.0. The van der Waals surface area contributed by atoms with Gasteiger partial charge in [-0.2, -0.15) is 0 Å². The van der Waals surface area contributed by atoms with Crippen molar-refractivity contribution in [2.24, 2.45) is 0 Å². The van der Waals surface area contributed by atoms with Crippen LogP contribution in [0.2, 0.25) is 0 Å². The summed E-state index contributed by atoms with van der Waals surface area (Å²) in [4.78, 5) is 40.2. The Balaban J connectivity index is 1.45. The van der Waals surface area contributed by atoms with E-state index in [1.165, 1.54) is 6.08 Å². The van der Waals surface area contributed by atoms with Crippen LogP contribution in [0.4, 0.5) is 0 Å². The summed E-state index contributed by atoms with van der Waals surface area (Å²) < 4.78 is 7.31. The fraction of sp³-hybridized carbons (Fsp3) is 0.200. The maximum Gasteiger partial charge on any atom is 0.262 e. The molecule has 2 amide bonds. The summed E-state index contributed by atoms with van der Waals surface area (Å²) in [6.45, 7) is 1.90. The average molecular weight is 447 g/mol. The molecule has 3 rings (SSSR count). The molecule has 8 nitrogen and oxygen atoms in total. The molecule has 8 heteroatoms. The van der Waals surface area contributed by atoms with E-state index in [4.69, 9.17) is 4.74 Å². The van der Waals surface area contributed by atoms with E-state index in [9.17, 15) is 14.4 Å². The highest BCUT2D eigenvalue weighted by molar-refractivity contribution is 5.96. The molecule has 0 saturated carbocycles. The van der Waals surface area contributed by atoms with Crippen molar-refractivity contribution in [3.63, 3.8) is 0 Å². The van der Waals surface area contributed by atoms with Crippen LogP contribution in [-0.2, 0) is 9.59 Å². The van der Waals surface area contributed by atoms with Crippen LogP contribution >= 0.6 is 0 Å². The van der Waals surface area contributed by atoms with Gasteiger partial charge in [0.15, 0.2) is 5.78 Å². The molecule has 170 valence electrons. The zero-order valence-electron chi connectivity index (χ0n) is 18.6. The zero-order valence-corrected chi connectivity index (χ0v) is 18.6. The van der Waals surface area contributed by atoms with Crippen molar-refractivity contribution in [3.05, 3.63) is 84.0 Å². The van der Waals surface area contributed by atoms with Crippen LogP contribution in [0.3, 0.4) is 0 Å². The van der Waals surface area contributed by atoms with Crippen molar-refractivity contribution in [2.45, 2.75) is 26.2 Å². The number of methoxy groups -OCH3 is 1. The third-order valence-corrected chi connectivity index (χ3v) is 4.85. The summed E-state index contributed by atoms with van der Waals surface area (Å²) in [6.07, 6.45) is 7.32. The maximum atomic E-state index is 12.0. The summed E-state index contributed by atoms with van der Waals surface area (Å²) in [5.41, 5.74) is 7.80. The molecule has 0 aliphatic carbocycles. The minimum Gasteiger partial charge on any atom is -0.495 e. The first-order valence-corrected chi connectivity index (χ1v) is 10.5. The predicted octanol–water partition coefficient (Wildman–Crippen LogP) is 3.40. The van der Waals surface area contributed by atoms with Crippen LogP contribution in [0, 0.1) is 6.92 Å². The molecule has 0 aliphatic heterocycles. The Kier molecular flexibility index (Phi) is 8.13. The molecular formula is C25H26N4O4. The SMILES string of the molecule is COc1cc(C=CC(=O)NNC(=O)CCCC(=O)c2ccccc2)ccc1-n1cnc(C)c1. The van der Waals surface area contributed by atoms with Crippen LogP contribution < -0.4 is 15.6 Å². The molecule has 2 aromatic carbocycles. The van der Waals surface area contributed by atoms with E-state index >= 15 is 0 Å². The maximum absolute atomic E-state index is 12.0. The Hall–Kier alpha value is -4.20. The first-order valence-electron chi connectivity index (χ1n) is 10.5. The number of aryl methyl sites for hydroxylation is 1. The van der Waals surface area contributed by atoms with Crippen LogP contribution in [0.25, 0.3) is 11.8 Å². The van der Waals surface area contributed by atoms with Gasteiger partial charge in [0.25, 0.3) is 5.91 Å². The standard InChI is InChI=1S/C25H26N4O4/c1-18-16-29(17-26-18)21-13-11-19(15-23(21)33-2)12-14-25(32)28-27-24(31)10-6-9-22(30)20-7-4-3-5-8-20/h3-5,7-8,11-17H,6,9-10H2,1-2H3,(H,27,31)(H,28,32). The molecule has 0 fully saturated rings. The molecule has 1 heterocycles. The van der Waals surface area contributed by atoms with Crippen LogP contribution in [0.15, 0.2) is 67.1 Å². The summed E-state index contributed by atoms with van der Waals surface area (Å²) in [7, 11) is 1.58. The zero-order chi connectivity index (χ0) is 23.6. The number of rotatable bonds is 9. The number of aromatic nitrogens is 2. The highest BCUT2D eigenvalue weighted by Crippen LogP contribution is 2.25. The van der Waals surface area contributed by atoms with Gasteiger partial charge in [0.2, 0.25) is 5.91 Å². The van der Waals surface area contributed by atoms with Gasteiger partial charge in [-0.3, -0.25) is 25.2 Å².